The second-order valence-electron chi connectivity index (χ2n) is 6.65. The Balaban J connectivity index is 1.60. The molecule has 106 valence electrons. The Bertz CT molecular complexity index is 676. The SMILES string of the molecule is O=C1[C@@H]2[C@@H]3C=C[C@H]([C@@H]4C[C@H]34)[C@@H]2C(=O)N1c1cccc(I)c1. The first-order valence-corrected chi connectivity index (χ1v) is 8.56. The zero-order chi connectivity index (χ0) is 14.3. The molecule has 1 aliphatic heterocycles. The third kappa shape index (κ3) is 1.49. The van der Waals surface area contributed by atoms with E-state index in [4.69, 9.17) is 0 Å². The number of anilines is 1. The molecule has 0 aromatic heterocycles. The fraction of sp³-hybridized carbons (Fsp3) is 0.412. The lowest BCUT2D eigenvalue weighted by atomic mass is 9.63. The zero-order valence-corrected chi connectivity index (χ0v) is 13.4. The van der Waals surface area contributed by atoms with Gasteiger partial charge < -0.3 is 0 Å². The van der Waals surface area contributed by atoms with Crippen LogP contribution in [0.15, 0.2) is 36.4 Å². The van der Waals surface area contributed by atoms with E-state index in [1.165, 1.54) is 11.3 Å². The normalized spacial score (nSPS) is 42.2. The summed E-state index contributed by atoms with van der Waals surface area (Å²) in [4.78, 5) is 27.2. The molecule has 6 atom stereocenters. The van der Waals surface area contributed by atoms with Crippen molar-refractivity contribution in [3.63, 3.8) is 0 Å². The van der Waals surface area contributed by atoms with Crippen LogP contribution in [0.2, 0.25) is 0 Å². The molecule has 4 aliphatic carbocycles. The third-order valence-corrected chi connectivity index (χ3v) is 6.40. The smallest absolute Gasteiger partial charge is 0.238 e. The molecule has 2 saturated carbocycles. The van der Waals surface area contributed by atoms with E-state index in [-0.39, 0.29) is 23.7 Å². The summed E-state index contributed by atoms with van der Waals surface area (Å²) in [6.07, 6.45) is 5.63. The predicted octanol–water partition coefficient (Wildman–Crippen LogP) is 2.85. The number of rotatable bonds is 1. The van der Waals surface area contributed by atoms with Crippen molar-refractivity contribution in [2.24, 2.45) is 35.5 Å². The maximum atomic E-state index is 12.9. The van der Waals surface area contributed by atoms with Gasteiger partial charge in [0.25, 0.3) is 0 Å². The number of nitrogens with zero attached hydrogens (tertiary/aromatic N) is 1. The lowest BCUT2D eigenvalue weighted by Gasteiger charge is -2.37. The molecule has 0 spiro atoms. The molecule has 1 heterocycles. The summed E-state index contributed by atoms with van der Waals surface area (Å²) in [5.74, 6) is 1.77. The van der Waals surface area contributed by atoms with Crippen molar-refractivity contribution in [3.8, 4) is 0 Å². The third-order valence-electron chi connectivity index (χ3n) is 5.73. The molecule has 1 saturated heterocycles. The van der Waals surface area contributed by atoms with Gasteiger partial charge in [-0.3, -0.25) is 9.59 Å². The van der Waals surface area contributed by atoms with Crippen molar-refractivity contribution in [2.45, 2.75) is 6.42 Å². The van der Waals surface area contributed by atoms with Gasteiger partial charge in [0.1, 0.15) is 0 Å². The lowest BCUT2D eigenvalue weighted by molar-refractivity contribution is -0.124. The van der Waals surface area contributed by atoms with Crippen LogP contribution < -0.4 is 4.90 Å². The van der Waals surface area contributed by atoms with Gasteiger partial charge in [0.2, 0.25) is 11.8 Å². The van der Waals surface area contributed by atoms with E-state index in [0.29, 0.717) is 23.7 Å². The van der Waals surface area contributed by atoms with Crippen LogP contribution in [0.3, 0.4) is 0 Å². The van der Waals surface area contributed by atoms with Crippen LogP contribution in [0.1, 0.15) is 6.42 Å². The summed E-state index contributed by atoms with van der Waals surface area (Å²) in [6, 6.07) is 7.67. The van der Waals surface area contributed by atoms with Crippen LogP contribution in [-0.4, -0.2) is 11.8 Å². The van der Waals surface area contributed by atoms with Crippen molar-refractivity contribution < 1.29 is 9.59 Å². The number of amides is 2. The summed E-state index contributed by atoms with van der Waals surface area (Å²) >= 11 is 2.22. The number of allylic oxidation sites excluding steroid dienone is 2. The number of benzene rings is 1. The van der Waals surface area contributed by atoms with Gasteiger partial charge in [0.05, 0.1) is 17.5 Å². The summed E-state index contributed by atoms with van der Waals surface area (Å²) in [5, 5.41) is 0. The fourth-order valence-electron chi connectivity index (χ4n) is 4.83. The van der Waals surface area contributed by atoms with Gasteiger partial charge in [0, 0.05) is 3.57 Å². The van der Waals surface area contributed by atoms with Gasteiger partial charge in [-0.1, -0.05) is 18.2 Å². The van der Waals surface area contributed by atoms with Crippen LogP contribution in [0.4, 0.5) is 5.69 Å². The standard InChI is InChI=1S/C17H14INO2/c18-8-2-1-3-9(6-8)19-16(20)14-10-4-5-11(13-7-12(10)13)15(14)17(19)21/h1-6,10-15H,7H2/t10-,11-,12-,13+,14-,15+/m1/s1. The highest BCUT2D eigenvalue weighted by molar-refractivity contribution is 14.1. The first-order chi connectivity index (χ1) is 10.2. The minimum atomic E-state index is -0.103. The summed E-state index contributed by atoms with van der Waals surface area (Å²) in [7, 11) is 0. The molecule has 6 rings (SSSR count). The molecule has 1 aromatic carbocycles. The maximum Gasteiger partial charge on any atom is 0.238 e. The van der Waals surface area contributed by atoms with Gasteiger partial charge in [-0.05, 0) is 70.9 Å². The van der Waals surface area contributed by atoms with E-state index in [1.54, 1.807) is 0 Å². The Morgan fingerprint density at radius 2 is 1.62 bits per heavy atom. The van der Waals surface area contributed by atoms with Gasteiger partial charge in [0.15, 0.2) is 0 Å². The maximum absolute atomic E-state index is 12.9. The molecule has 3 nitrogen and oxygen atoms in total. The van der Waals surface area contributed by atoms with Crippen LogP contribution in [0, 0.1) is 39.1 Å². The molecule has 1 aromatic rings. The highest BCUT2D eigenvalue weighted by Gasteiger charge is 2.67. The summed E-state index contributed by atoms with van der Waals surface area (Å²) in [6.45, 7) is 0. The zero-order valence-electron chi connectivity index (χ0n) is 11.3. The Hall–Kier alpha value is -1.17. The Labute approximate surface area is 136 Å². The second kappa shape index (κ2) is 3.97. The average molecular weight is 391 g/mol. The van der Waals surface area contributed by atoms with Gasteiger partial charge in [-0.15, -0.1) is 0 Å². The largest absolute Gasteiger partial charge is 0.274 e. The van der Waals surface area contributed by atoms with Gasteiger partial charge in [-0.25, -0.2) is 4.90 Å². The first kappa shape index (κ1) is 12.4. The monoisotopic (exact) mass is 391 g/mol. The molecule has 2 bridgehead atoms. The van der Waals surface area contributed by atoms with Crippen molar-refractivity contribution >= 4 is 40.1 Å². The second-order valence-corrected chi connectivity index (χ2v) is 7.89. The summed E-state index contributed by atoms with van der Waals surface area (Å²) in [5.41, 5.74) is 0.736. The molecule has 0 unspecified atom stereocenters. The molecule has 2 amide bonds. The Kier molecular flexibility index (Phi) is 2.34. The van der Waals surface area contributed by atoms with Crippen molar-refractivity contribution in [2.75, 3.05) is 4.90 Å². The highest BCUT2D eigenvalue weighted by Crippen LogP contribution is 2.65. The van der Waals surface area contributed by atoms with E-state index in [2.05, 4.69) is 34.7 Å². The minimum Gasteiger partial charge on any atom is -0.274 e. The topological polar surface area (TPSA) is 37.4 Å². The van der Waals surface area contributed by atoms with Crippen LogP contribution in [0.5, 0.6) is 0 Å². The fourth-order valence-corrected chi connectivity index (χ4v) is 5.35. The number of imide groups is 1. The van der Waals surface area contributed by atoms with Crippen molar-refractivity contribution in [3.05, 3.63) is 40.0 Å². The van der Waals surface area contributed by atoms with Gasteiger partial charge >= 0.3 is 0 Å². The number of halogens is 1. The van der Waals surface area contributed by atoms with E-state index in [1.807, 2.05) is 24.3 Å². The highest BCUT2D eigenvalue weighted by atomic mass is 127. The molecule has 21 heavy (non-hydrogen) atoms. The summed E-state index contributed by atoms with van der Waals surface area (Å²) < 4.78 is 1.05. The number of carbonyl (C=O) groups excluding carboxylic acids is 2. The van der Waals surface area contributed by atoms with Crippen molar-refractivity contribution in [1.29, 1.82) is 0 Å². The van der Waals surface area contributed by atoms with E-state index in [9.17, 15) is 9.59 Å². The number of carbonyl (C=O) groups is 2. The minimum absolute atomic E-state index is 0.0247. The van der Waals surface area contributed by atoms with Crippen LogP contribution >= 0.6 is 22.6 Å². The first-order valence-electron chi connectivity index (χ1n) is 7.48. The number of hydrogen-bond acceptors (Lipinski definition) is 2. The quantitative estimate of drug-likeness (QED) is 0.420. The molecule has 4 heteroatoms. The molecule has 5 aliphatic rings. The molecule has 0 radical (unpaired) electrons. The van der Waals surface area contributed by atoms with E-state index in [0.717, 1.165) is 9.26 Å². The molecule has 3 fully saturated rings. The lowest BCUT2D eigenvalue weighted by Crippen LogP contribution is -2.40. The molecular weight excluding hydrogens is 377 g/mol. The van der Waals surface area contributed by atoms with Gasteiger partial charge in [-0.2, -0.15) is 0 Å². The van der Waals surface area contributed by atoms with E-state index < -0.39 is 0 Å². The molecule has 0 N–H and O–H groups in total. The average Bonchev–Trinajstić information content (AvgIpc) is 3.24. The van der Waals surface area contributed by atoms with Crippen LogP contribution in [0.25, 0.3) is 0 Å². The molecular formula is C17H14INO2. The number of hydrogen-bond donors (Lipinski definition) is 0. The predicted molar refractivity (Wildman–Crippen MR) is 86.3 cm³/mol. The van der Waals surface area contributed by atoms with Crippen LogP contribution in [-0.2, 0) is 9.59 Å². The van der Waals surface area contributed by atoms with E-state index >= 15 is 0 Å². The Morgan fingerprint density at radius 1 is 1.00 bits per heavy atom. The van der Waals surface area contributed by atoms with Crippen molar-refractivity contribution in [1.82, 2.24) is 0 Å². The Morgan fingerprint density at radius 3 is 2.19 bits per heavy atom.